The Morgan fingerprint density at radius 1 is 1.28 bits per heavy atom. The number of guanidine groups is 1. The van der Waals surface area contributed by atoms with Crippen molar-refractivity contribution < 1.29 is 9.18 Å². The number of aliphatic imine (C=N–C) groups is 1. The van der Waals surface area contributed by atoms with E-state index in [1.165, 1.54) is 6.07 Å². The van der Waals surface area contributed by atoms with Crippen LogP contribution in [0.2, 0.25) is 0 Å². The Kier molecular flexibility index (Phi) is 12.2. The molecule has 5 nitrogen and oxygen atoms in total. The zero-order valence-electron chi connectivity index (χ0n) is 15.5. The number of nitrogens with zero attached hydrogens (tertiary/aromatic N) is 1. The number of aryl methyl sites for hydroxylation is 1. The van der Waals surface area contributed by atoms with Crippen molar-refractivity contribution in [2.24, 2.45) is 4.99 Å². The number of hydrogen-bond donors (Lipinski definition) is 3. The molecule has 1 atom stereocenters. The Bertz CT molecular complexity index is 566. The summed E-state index contributed by atoms with van der Waals surface area (Å²) < 4.78 is 13.3. The van der Waals surface area contributed by atoms with Gasteiger partial charge in [0.05, 0.1) is 6.54 Å². The molecular formula is C18H30FIN4O. The number of halogens is 2. The third-order valence-electron chi connectivity index (χ3n) is 3.65. The summed E-state index contributed by atoms with van der Waals surface area (Å²) >= 11 is 0. The quantitative estimate of drug-likeness (QED) is 0.315. The summed E-state index contributed by atoms with van der Waals surface area (Å²) in [6.45, 7) is 9.44. The van der Waals surface area contributed by atoms with Gasteiger partial charge in [0.2, 0.25) is 5.91 Å². The van der Waals surface area contributed by atoms with E-state index in [4.69, 9.17) is 0 Å². The Labute approximate surface area is 167 Å². The van der Waals surface area contributed by atoms with Crippen LogP contribution in [0.5, 0.6) is 0 Å². The maximum absolute atomic E-state index is 13.3. The smallest absolute Gasteiger partial charge is 0.221 e. The standard InChI is InChI=1S/C18H29FN4O.HI/c1-5-14(4)23-17(24)9-10-21-18(20-6-2)22-12-15-7-8-16(19)13(3)11-15;/h7-8,11,14H,5-6,9-10,12H2,1-4H3,(H,23,24)(H2,20,21,22);1H. The number of carbonyl (C=O) groups is 1. The Morgan fingerprint density at radius 3 is 2.60 bits per heavy atom. The minimum atomic E-state index is -0.208. The fourth-order valence-corrected chi connectivity index (χ4v) is 2.06. The summed E-state index contributed by atoms with van der Waals surface area (Å²) in [7, 11) is 0. The fourth-order valence-electron chi connectivity index (χ4n) is 2.06. The second-order valence-electron chi connectivity index (χ2n) is 5.83. The molecule has 7 heteroatoms. The largest absolute Gasteiger partial charge is 0.357 e. The van der Waals surface area contributed by atoms with Gasteiger partial charge in [-0.3, -0.25) is 4.79 Å². The average molecular weight is 464 g/mol. The summed E-state index contributed by atoms with van der Waals surface area (Å²) in [5.41, 5.74) is 1.56. The molecule has 0 fully saturated rings. The molecule has 0 saturated heterocycles. The molecule has 0 heterocycles. The summed E-state index contributed by atoms with van der Waals surface area (Å²) in [4.78, 5) is 16.2. The van der Waals surface area contributed by atoms with E-state index in [1.54, 1.807) is 19.1 Å². The number of amides is 1. The van der Waals surface area contributed by atoms with E-state index in [1.807, 2.05) is 20.8 Å². The second kappa shape index (κ2) is 12.9. The molecular weight excluding hydrogens is 434 g/mol. The first-order valence-electron chi connectivity index (χ1n) is 8.52. The van der Waals surface area contributed by atoms with Crippen molar-refractivity contribution in [1.29, 1.82) is 0 Å². The Hall–Kier alpha value is -1.38. The molecule has 0 aromatic heterocycles. The summed E-state index contributed by atoms with van der Waals surface area (Å²) in [5.74, 6) is 0.470. The van der Waals surface area contributed by atoms with E-state index in [9.17, 15) is 9.18 Å². The van der Waals surface area contributed by atoms with Crippen molar-refractivity contribution in [3.63, 3.8) is 0 Å². The summed E-state index contributed by atoms with van der Waals surface area (Å²) in [6, 6.07) is 5.18. The Balaban J connectivity index is 0.00000576. The maximum Gasteiger partial charge on any atom is 0.221 e. The maximum atomic E-state index is 13.3. The van der Waals surface area contributed by atoms with Gasteiger partial charge >= 0.3 is 0 Å². The van der Waals surface area contributed by atoms with Gasteiger partial charge in [0.1, 0.15) is 5.82 Å². The highest BCUT2D eigenvalue weighted by molar-refractivity contribution is 14.0. The van der Waals surface area contributed by atoms with Crippen LogP contribution in [0.3, 0.4) is 0 Å². The van der Waals surface area contributed by atoms with Crippen LogP contribution in [0, 0.1) is 12.7 Å². The topological polar surface area (TPSA) is 65.5 Å². The molecule has 0 spiro atoms. The van der Waals surface area contributed by atoms with E-state index in [0.29, 0.717) is 31.0 Å². The van der Waals surface area contributed by atoms with Crippen molar-refractivity contribution in [2.45, 2.75) is 53.1 Å². The van der Waals surface area contributed by atoms with Crippen LogP contribution in [-0.4, -0.2) is 31.0 Å². The molecule has 1 aromatic carbocycles. The van der Waals surface area contributed by atoms with Crippen molar-refractivity contribution >= 4 is 35.8 Å². The van der Waals surface area contributed by atoms with Crippen LogP contribution in [-0.2, 0) is 11.3 Å². The van der Waals surface area contributed by atoms with Gasteiger partial charge in [0.15, 0.2) is 5.96 Å². The van der Waals surface area contributed by atoms with Crippen LogP contribution in [0.1, 0.15) is 44.7 Å². The van der Waals surface area contributed by atoms with E-state index in [0.717, 1.165) is 18.5 Å². The van der Waals surface area contributed by atoms with Crippen LogP contribution >= 0.6 is 24.0 Å². The van der Waals surface area contributed by atoms with Crippen molar-refractivity contribution in [1.82, 2.24) is 16.0 Å². The molecule has 0 saturated carbocycles. The highest BCUT2D eigenvalue weighted by Crippen LogP contribution is 2.09. The molecule has 1 rings (SSSR count). The number of rotatable bonds is 8. The molecule has 3 N–H and O–H groups in total. The first-order chi connectivity index (χ1) is 11.5. The molecule has 0 aliphatic carbocycles. The van der Waals surface area contributed by atoms with Crippen molar-refractivity contribution in [2.75, 3.05) is 13.1 Å². The van der Waals surface area contributed by atoms with Gasteiger partial charge < -0.3 is 16.0 Å². The van der Waals surface area contributed by atoms with Gasteiger partial charge in [-0.15, -0.1) is 24.0 Å². The predicted molar refractivity (Wildman–Crippen MR) is 112 cm³/mol. The third kappa shape index (κ3) is 9.62. The molecule has 25 heavy (non-hydrogen) atoms. The van der Waals surface area contributed by atoms with E-state index < -0.39 is 0 Å². The molecule has 142 valence electrons. The minimum Gasteiger partial charge on any atom is -0.357 e. The van der Waals surface area contributed by atoms with Gasteiger partial charge in [0, 0.05) is 25.6 Å². The average Bonchev–Trinajstić information content (AvgIpc) is 2.55. The molecule has 0 aliphatic rings. The Morgan fingerprint density at radius 2 is 2.00 bits per heavy atom. The first kappa shape index (κ1) is 23.6. The molecule has 0 radical (unpaired) electrons. The monoisotopic (exact) mass is 464 g/mol. The van der Waals surface area contributed by atoms with Crippen LogP contribution < -0.4 is 16.0 Å². The van der Waals surface area contributed by atoms with E-state index in [2.05, 4.69) is 20.9 Å². The summed E-state index contributed by atoms with van der Waals surface area (Å²) in [5, 5.41) is 9.21. The number of hydrogen-bond acceptors (Lipinski definition) is 2. The molecule has 1 aromatic rings. The lowest BCUT2D eigenvalue weighted by atomic mass is 10.1. The zero-order valence-corrected chi connectivity index (χ0v) is 17.8. The van der Waals surface area contributed by atoms with Gasteiger partial charge in [-0.05, 0) is 44.4 Å². The number of carbonyl (C=O) groups excluding carboxylic acids is 1. The zero-order chi connectivity index (χ0) is 17.9. The van der Waals surface area contributed by atoms with E-state index >= 15 is 0 Å². The van der Waals surface area contributed by atoms with Crippen LogP contribution in [0.4, 0.5) is 4.39 Å². The second-order valence-corrected chi connectivity index (χ2v) is 5.83. The van der Waals surface area contributed by atoms with Crippen LogP contribution in [0.15, 0.2) is 23.2 Å². The van der Waals surface area contributed by atoms with Gasteiger partial charge in [0.25, 0.3) is 0 Å². The van der Waals surface area contributed by atoms with Crippen molar-refractivity contribution in [3.8, 4) is 0 Å². The lowest BCUT2D eigenvalue weighted by Crippen LogP contribution is -2.40. The molecule has 0 aliphatic heterocycles. The first-order valence-corrected chi connectivity index (χ1v) is 8.52. The highest BCUT2D eigenvalue weighted by Gasteiger charge is 2.06. The number of benzene rings is 1. The fraction of sp³-hybridized carbons (Fsp3) is 0.556. The summed E-state index contributed by atoms with van der Waals surface area (Å²) in [6.07, 6.45) is 1.31. The third-order valence-corrected chi connectivity index (χ3v) is 3.65. The molecule has 1 amide bonds. The molecule has 0 bridgehead atoms. The van der Waals surface area contributed by atoms with Gasteiger partial charge in [-0.25, -0.2) is 9.38 Å². The number of nitrogens with one attached hydrogen (secondary N) is 3. The minimum absolute atomic E-state index is 0. The van der Waals surface area contributed by atoms with Gasteiger partial charge in [-0.2, -0.15) is 0 Å². The lowest BCUT2D eigenvalue weighted by Gasteiger charge is -2.13. The van der Waals surface area contributed by atoms with Gasteiger partial charge in [-0.1, -0.05) is 19.1 Å². The normalized spacial score (nSPS) is 12.1. The predicted octanol–water partition coefficient (Wildman–Crippen LogP) is 3.11. The highest BCUT2D eigenvalue weighted by atomic mass is 127. The van der Waals surface area contributed by atoms with Crippen LogP contribution in [0.25, 0.3) is 0 Å². The lowest BCUT2D eigenvalue weighted by molar-refractivity contribution is -0.121. The van der Waals surface area contributed by atoms with Crippen molar-refractivity contribution in [3.05, 3.63) is 35.1 Å². The molecule has 1 unspecified atom stereocenters. The SMILES string of the molecule is CCNC(=NCc1ccc(F)c(C)c1)NCCC(=O)NC(C)CC.I. The van der Waals surface area contributed by atoms with E-state index in [-0.39, 0.29) is 41.7 Å².